The number of allylic oxidation sites excluding steroid dienone is 1. The van der Waals surface area contributed by atoms with Crippen LogP contribution in [0.15, 0.2) is 16.1 Å². The Hall–Kier alpha value is -0.970. The highest BCUT2D eigenvalue weighted by atomic mass is 32.2. The first-order valence-electron chi connectivity index (χ1n) is 3.52. The van der Waals surface area contributed by atoms with Crippen molar-refractivity contribution in [3.63, 3.8) is 0 Å². The maximum absolute atomic E-state index is 11.1. The predicted molar refractivity (Wildman–Crippen MR) is 45.7 cm³/mol. The molecule has 0 amide bonds. The quantitative estimate of drug-likeness (QED) is 0.573. The van der Waals surface area contributed by atoms with Gasteiger partial charge in [0.2, 0.25) is 0 Å². The summed E-state index contributed by atoms with van der Waals surface area (Å²) in [7, 11) is -1.37. The molecule has 0 aromatic heterocycles. The van der Waals surface area contributed by atoms with Gasteiger partial charge in [-0.05, 0) is 6.42 Å². The predicted octanol–water partition coefficient (Wildman–Crippen LogP) is 0.919. The summed E-state index contributed by atoms with van der Waals surface area (Å²) in [6.07, 6.45) is 0.691. The van der Waals surface area contributed by atoms with Crippen LogP contribution in [0.2, 0.25) is 0 Å². The average molecular weight is 187 g/mol. The Morgan fingerprint density at radius 3 is 2.83 bits per heavy atom. The van der Waals surface area contributed by atoms with Crippen LogP contribution >= 0.6 is 0 Å². The molecular weight excluding hydrogens is 178 g/mol. The molecule has 0 aromatic rings. The van der Waals surface area contributed by atoms with Gasteiger partial charge in [0.1, 0.15) is 10.8 Å². The largest absolute Gasteiger partial charge is 0.399 e. The van der Waals surface area contributed by atoms with Gasteiger partial charge < -0.3 is 4.74 Å². The molecule has 0 aliphatic carbocycles. The van der Waals surface area contributed by atoms with Crippen molar-refractivity contribution in [2.75, 3.05) is 0 Å². The molecule has 1 atom stereocenters. The monoisotopic (exact) mass is 187 g/mol. The molecule has 66 valence electrons. The van der Waals surface area contributed by atoms with Gasteiger partial charge in [0, 0.05) is 12.3 Å². The smallest absolute Gasteiger partial charge is 0.309 e. The number of hydrogen-bond donors (Lipinski definition) is 0. The molecular formula is C7H9NO3S. The molecule has 1 heterocycles. The molecule has 1 unspecified atom stereocenters. The summed E-state index contributed by atoms with van der Waals surface area (Å²) in [5.41, 5.74) is 0.699. The van der Waals surface area contributed by atoms with Gasteiger partial charge in [0.15, 0.2) is 0 Å². The number of carbonyl (C=O) groups excluding carboxylic acids is 1. The van der Waals surface area contributed by atoms with E-state index in [1.165, 1.54) is 12.3 Å². The SMILES string of the molecule is CCC1=CS(=O)C(OC(C)=O)=N1. The first-order valence-corrected chi connectivity index (χ1v) is 4.73. The summed E-state index contributed by atoms with van der Waals surface area (Å²) in [5.74, 6) is -0.493. The van der Waals surface area contributed by atoms with Crippen molar-refractivity contribution in [3.8, 4) is 0 Å². The van der Waals surface area contributed by atoms with Crippen molar-refractivity contribution in [2.24, 2.45) is 4.99 Å². The Labute approximate surface area is 72.8 Å². The maximum atomic E-state index is 11.1. The molecule has 0 bridgehead atoms. The van der Waals surface area contributed by atoms with Crippen molar-refractivity contribution < 1.29 is 13.7 Å². The maximum Gasteiger partial charge on any atom is 0.309 e. The lowest BCUT2D eigenvalue weighted by atomic mass is 10.4. The van der Waals surface area contributed by atoms with Crippen molar-refractivity contribution in [3.05, 3.63) is 11.1 Å². The summed E-state index contributed by atoms with van der Waals surface area (Å²) < 4.78 is 15.7. The van der Waals surface area contributed by atoms with Gasteiger partial charge in [-0.25, -0.2) is 9.20 Å². The molecule has 0 aromatic carbocycles. The van der Waals surface area contributed by atoms with E-state index in [2.05, 4.69) is 9.73 Å². The molecule has 4 nitrogen and oxygen atoms in total. The molecule has 5 heteroatoms. The van der Waals surface area contributed by atoms with Gasteiger partial charge in [0.05, 0.1) is 5.70 Å². The number of ether oxygens (including phenoxy) is 1. The van der Waals surface area contributed by atoms with Gasteiger partial charge in [-0.2, -0.15) is 0 Å². The zero-order chi connectivity index (χ0) is 9.14. The summed E-state index contributed by atoms with van der Waals surface area (Å²) in [5, 5.41) is 1.48. The van der Waals surface area contributed by atoms with Crippen LogP contribution in [0.4, 0.5) is 0 Å². The van der Waals surface area contributed by atoms with Crippen LogP contribution in [-0.4, -0.2) is 15.4 Å². The van der Waals surface area contributed by atoms with E-state index in [0.29, 0.717) is 12.1 Å². The molecule has 0 spiro atoms. The topological polar surface area (TPSA) is 55.7 Å². The normalized spacial score (nSPS) is 21.7. The van der Waals surface area contributed by atoms with Gasteiger partial charge in [-0.1, -0.05) is 6.92 Å². The number of carbonyl (C=O) groups is 1. The molecule has 12 heavy (non-hydrogen) atoms. The highest BCUT2D eigenvalue weighted by Gasteiger charge is 2.18. The lowest BCUT2D eigenvalue weighted by Crippen LogP contribution is -2.10. The lowest BCUT2D eigenvalue weighted by molar-refractivity contribution is -0.132. The summed E-state index contributed by atoms with van der Waals surface area (Å²) in [6, 6.07) is 0. The minimum absolute atomic E-state index is 0.000602. The van der Waals surface area contributed by atoms with Crippen LogP contribution in [0, 0.1) is 0 Å². The third-order valence-corrected chi connectivity index (χ3v) is 2.25. The fraction of sp³-hybridized carbons (Fsp3) is 0.429. The number of esters is 1. The molecule has 0 saturated carbocycles. The zero-order valence-corrected chi connectivity index (χ0v) is 7.68. The summed E-state index contributed by atoms with van der Waals surface area (Å²) >= 11 is 0. The third kappa shape index (κ3) is 2.01. The first-order chi connectivity index (χ1) is 5.63. The highest BCUT2D eigenvalue weighted by molar-refractivity contribution is 8.03. The second-order valence-corrected chi connectivity index (χ2v) is 3.41. The Morgan fingerprint density at radius 1 is 1.75 bits per heavy atom. The van der Waals surface area contributed by atoms with E-state index in [-0.39, 0.29) is 5.23 Å². The van der Waals surface area contributed by atoms with Crippen molar-refractivity contribution in [1.82, 2.24) is 0 Å². The zero-order valence-electron chi connectivity index (χ0n) is 6.86. The van der Waals surface area contributed by atoms with Gasteiger partial charge in [-0.3, -0.25) is 4.79 Å². The minimum Gasteiger partial charge on any atom is -0.399 e. The second-order valence-electron chi connectivity index (χ2n) is 2.23. The number of aliphatic imine (C=N–C) groups is 1. The molecule has 1 aliphatic heterocycles. The van der Waals surface area contributed by atoms with Crippen molar-refractivity contribution >= 4 is 22.0 Å². The van der Waals surface area contributed by atoms with E-state index in [9.17, 15) is 9.00 Å². The molecule has 1 aliphatic rings. The molecule has 1 rings (SSSR count). The first kappa shape index (κ1) is 9.12. The molecule has 0 saturated heterocycles. The molecule has 0 N–H and O–H groups in total. The number of nitrogens with zero attached hydrogens (tertiary/aromatic N) is 1. The highest BCUT2D eigenvalue weighted by Crippen LogP contribution is 2.14. The summed E-state index contributed by atoms with van der Waals surface area (Å²) in [6.45, 7) is 3.15. The standard InChI is InChI=1S/C7H9NO3S/c1-3-6-4-12(10)7(8-6)11-5(2)9/h4H,3H2,1-2H3. The van der Waals surface area contributed by atoms with E-state index in [1.807, 2.05) is 6.92 Å². The Kier molecular flexibility index (Phi) is 2.75. The average Bonchev–Trinajstić information content (AvgIpc) is 2.31. The van der Waals surface area contributed by atoms with Crippen LogP contribution in [0.1, 0.15) is 20.3 Å². The van der Waals surface area contributed by atoms with Crippen LogP contribution in [0.5, 0.6) is 0 Å². The van der Waals surface area contributed by atoms with E-state index in [4.69, 9.17) is 0 Å². The molecule has 0 radical (unpaired) electrons. The van der Waals surface area contributed by atoms with E-state index in [1.54, 1.807) is 0 Å². The van der Waals surface area contributed by atoms with Crippen LogP contribution in [0.25, 0.3) is 0 Å². The van der Waals surface area contributed by atoms with Crippen LogP contribution < -0.4 is 0 Å². The number of rotatable bonds is 1. The van der Waals surface area contributed by atoms with Crippen molar-refractivity contribution in [1.29, 1.82) is 0 Å². The fourth-order valence-electron chi connectivity index (χ4n) is 0.712. The number of hydrogen-bond acceptors (Lipinski definition) is 4. The Balaban J connectivity index is 2.71. The van der Waals surface area contributed by atoms with Crippen molar-refractivity contribution in [2.45, 2.75) is 20.3 Å². The summed E-state index contributed by atoms with van der Waals surface area (Å²) in [4.78, 5) is 14.3. The van der Waals surface area contributed by atoms with E-state index < -0.39 is 16.8 Å². The van der Waals surface area contributed by atoms with Crippen LogP contribution in [-0.2, 0) is 20.3 Å². The van der Waals surface area contributed by atoms with Gasteiger partial charge >= 0.3 is 5.97 Å². The fourth-order valence-corrected chi connectivity index (χ4v) is 1.69. The van der Waals surface area contributed by atoms with Crippen LogP contribution in [0.3, 0.4) is 0 Å². The van der Waals surface area contributed by atoms with E-state index in [0.717, 1.165) is 0 Å². The molecule has 0 fully saturated rings. The Morgan fingerprint density at radius 2 is 2.42 bits per heavy atom. The van der Waals surface area contributed by atoms with Gasteiger partial charge in [0.25, 0.3) is 5.23 Å². The minimum atomic E-state index is -1.37. The van der Waals surface area contributed by atoms with E-state index >= 15 is 0 Å². The Bertz CT molecular complexity index is 293. The second kappa shape index (κ2) is 3.62. The van der Waals surface area contributed by atoms with Gasteiger partial charge in [-0.15, -0.1) is 0 Å². The lowest BCUT2D eigenvalue weighted by Gasteiger charge is -1.95. The third-order valence-electron chi connectivity index (χ3n) is 1.24.